The average molecular weight is 465 g/mol. The number of carbonyl (C=O) groups is 5. The minimum absolute atomic E-state index is 0.00478. The van der Waals surface area contributed by atoms with Crippen LogP contribution in [0.1, 0.15) is 36.2 Å². The Balaban J connectivity index is 2.82. The number of carboxylic acids is 1. The maximum Gasteiger partial charge on any atom is 0.331 e. The molecule has 0 aliphatic heterocycles. The van der Waals surface area contributed by atoms with Crippen LogP contribution in [0.5, 0.6) is 0 Å². The first-order valence-electron chi connectivity index (χ1n) is 9.85. The molecule has 1 aromatic rings. The fourth-order valence-corrected chi connectivity index (χ4v) is 2.52. The number of ether oxygens (including phenoxy) is 1. The molecule has 3 atom stereocenters. The number of aliphatic hydroxyl groups excluding tert-OH is 1. The lowest BCUT2D eigenvalue weighted by Crippen LogP contribution is -2.56. The topological polar surface area (TPSA) is 221 Å². The molecule has 1 aromatic carbocycles. The second-order valence-electron chi connectivity index (χ2n) is 6.84. The van der Waals surface area contributed by atoms with Crippen molar-refractivity contribution in [2.75, 3.05) is 13.2 Å². The number of amides is 3. The Bertz CT molecular complexity index is 902. The van der Waals surface area contributed by atoms with E-state index in [2.05, 4.69) is 16.0 Å². The third-order valence-electron chi connectivity index (χ3n) is 4.28. The maximum atomic E-state index is 12.5. The summed E-state index contributed by atoms with van der Waals surface area (Å²) in [6.45, 7) is 2.04. The Morgan fingerprint density at radius 3 is 2.03 bits per heavy atom. The van der Waals surface area contributed by atoms with Gasteiger partial charge in [0.2, 0.25) is 11.8 Å². The molecule has 0 heterocycles. The molecule has 0 aliphatic rings. The second-order valence-corrected chi connectivity index (χ2v) is 6.84. The fraction of sp³-hybridized carbons (Fsp3) is 0.400. The number of carbonyl (C=O) groups excluding carboxylic acids is 4. The van der Waals surface area contributed by atoms with Gasteiger partial charge < -0.3 is 36.6 Å². The van der Waals surface area contributed by atoms with E-state index in [1.807, 2.05) is 0 Å². The van der Waals surface area contributed by atoms with Gasteiger partial charge in [-0.2, -0.15) is 0 Å². The number of aliphatic carboxylic acids is 1. The summed E-state index contributed by atoms with van der Waals surface area (Å²) >= 11 is 0. The van der Waals surface area contributed by atoms with Crippen LogP contribution >= 0.6 is 0 Å². The molecule has 0 fully saturated rings. The van der Waals surface area contributed by atoms with E-state index in [1.165, 1.54) is 38.1 Å². The molecule has 0 saturated carbocycles. The lowest BCUT2D eigenvalue weighted by Gasteiger charge is -2.22. The van der Waals surface area contributed by atoms with Crippen molar-refractivity contribution in [2.45, 2.75) is 38.4 Å². The molecule has 8 N–H and O–H groups in total. The molecule has 0 bridgehead atoms. The number of hydrogen-bond donors (Lipinski definition) is 7. The van der Waals surface area contributed by atoms with Gasteiger partial charge in [0.15, 0.2) is 6.04 Å². The molecule has 180 valence electrons. The summed E-state index contributed by atoms with van der Waals surface area (Å²) in [5, 5.41) is 32.4. The largest absolute Gasteiger partial charge is 0.481 e. The van der Waals surface area contributed by atoms with Crippen molar-refractivity contribution in [1.29, 1.82) is 5.41 Å². The standard InChI is InChI=1S/C20H27N5O8/c1-3-33-20(32)14(9-26)25-19(31)13(8-15(27)28)24-17(29)10(2)23-18(30)12-6-4-11(5-7-12)16(21)22/h4-7,10,13-14,26H,3,8-9H2,1-2H3,(H3,21,22)(H,23,30)(H,24,29)(H,25,31)(H,27,28)/t10-,13-,14-/m0/s1. The van der Waals surface area contributed by atoms with Gasteiger partial charge in [-0.3, -0.25) is 24.6 Å². The number of benzene rings is 1. The molecule has 13 nitrogen and oxygen atoms in total. The zero-order chi connectivity index (χ0) is 25.1. The monoisotopic (exact) mass is 465 g/mol. The first-order valence-corrected chi connectivity index (χ1v) is 9.85. The summed E-state index contributed by atoms with van der Waals surface area (Å²) in [4.78, 5) is 60.1. The Labute approximate surface area is 189 Å². The molecule has 3 amide bonds. The molecule has 1 rings (SSSR count). The van der Waals surface area contributed by atoms with Crippen LogP contribution in [0.15, 0.2) is 24.3 Å². The fourth-order valence-electron chi connectivity index (χ4n) is 2.52. The van der Waals surface area contributed by atoms with Crippen LogP contribution in [0, 0.1) is 5.41 Å². The number of esters is 1. The van der Waals surface area contributed by atoms with Crippen LogP contribution in [-0.4, -0.2) is 77.0 Å². The SMILES string of the molecule is CCOC(=O)[C@H](CO)NC(=O)[C@H](CC(=O)O)NC(=O)[C@H](C)NC(=O)c1ccc(C(=N)N)cc1. The quantitative estimate of drug-likeness (QED) is 0.104. The van der Waals surface area contributed by atoms with E-state index >= 15 is 0 Å². The molecule has 0 aromatic heterocycles. The van der Waals surface area contributed by atoms with Gasteiger partial charge in [-0.25, -0.2) is 4.79 Å². The number of nitrogens with two attached hydrogens (primary N) is 1. The molecule has 0 unspecified atom stereocenters. The molecule has 13 heteroatoms. The number of carboxylic acid groups (broad SMARTS) is 1. The van der Waals surface area contributed by atoms with Crippen LogP contribution < -0.4 is 21.7 Å². The second kappa shape index (κ2) is 12.8. The van der Waals surface area contributed by atoms with Gasteiger partial charge >= 0.3 is 11.9 Å². The van der Waals surface area contributed by atoms with Crippen molar-refractivity contribution < 1.29 is 38.9 Å². The Morgan fingerprint density at radius 1 is 1.00 bits per heavy atom. The minimum atomic E-state index is -1.59. The Kier molecular flexibility index (Phi) is 10.5. The van der Waals surface area contributed by atoms with Gasteiger partial charge in [0.1, 0.15) is 17.9 Å². The van der Waals surface area contributed by atoms with Crippen LogP contribution in [0.25, 0.3) is 0 Å². The normalized spacial score (nSPS) is 13.1. The summed E-state index contributed by atoms with van der Waals surface area (Å²) < 4.78 is 4.70. The first kappa shape index (κ1) is 27.0. The lowest BCUT2D eigenvalue weighted by atomic mass is 10.1. The maximum absolute atomic E-state index is 12.5. The summed E-state index contributed by atoms with van der Waals surface area (Å²) in [6.07, 6.45) is -0.814. The van der Waals surface area contributed by atoms with Crippen molar-refractivity contribution in [3.05, 3.63) is 35.4 Å². The van der Waals surface area contributed by atoms with Gasteiger partial charge in [0.25, 0.3) is 5.91 Å². The molecule has 0 saturated heterocycles. The van der Waals surface area contributed by atoms with E-state index in [1.54, 1.807) is 0 Å². The minimum Gasteiger partial charge on any atom is -0.481 e. The van der Waals surface area contributed by atoms with E-state index in [0.717, 1.165) is 0 Å². The summed E-state index contributed by atoms with van der Waals surface area (Å²) in [6, 6.07) is 1.53. The van der Waals surface area contributed by atoms with Crippen LogP contribution in [0.4, 0.5) is 0 Å². The Hall–Kier alpha value is -4.00. The number of hydrogen-bond acceptors (Lipinski definition) is 8. The molecule has 0 aliphatic carbocycles. The van der Waals surface area contributed by atoms with Gasteiger partial charge in [-0.05, 0) is 26.0 Å². The van der Waals surface area contributed by atoms with E-state index < -0.39 is 60.8 Å². The number of nitrogens with one attached hydrogen (secondary N) is 4. The highest BCUT2D eigenvalue weighted by Gasteiger charge is 2.30. The predicted octanol–water partition coefficient (Wildman–Crippen LogP) is -1.91. The van der Waals surface area contributed by atoms with Crippen LogP contribution in [-0.2, 0) is 23.9 Å². The number of amidine groups is 1. The van der Waals surface area contributed by atoms with Gasteiger partial charge in [-0.1, -0.05) is 12.1 Å². The van der Waals surface area contributed by atoms with Crippen molar-refractivity contribution in [1.82, 2.24) is 16.0 Å². The van der Waals surface area contributed by atoms with Crippen LogP contribution in [0.2, 0.25) is 0 Å². The van der Waals surface area contributed by atoms with Crippen molar-refractivity contribution >= 4 is 35.5 Å². The average Bonchev–Trinajstić information content (AvgIpc) is 2.76. The van der Waals surface area contributed by atoms with Crippen molar-refractivity contribution in [2.24, 2.45) is 5.73 Å². The first-order chi connectivity index (χ1) is 15.5. The molecular formula is C20H27N5O8. The number of aliphatic hydroxyl groups is 1. The third-order valence-corrected chi connectivity index (χ3v) is 4.28. The highest BCUT2D eigenvalue weighted by Crippen LogP contribution is 2.05. The summed E-state index contributed by atoms with van der Waals surface area (Å²) in [5.74, 6) is -5.03. The summed E-state index contributed by atoms with van der Waals surface area (Å²) in [5.41, 5.74) is 5.94. The van der Waals surface area contributed by atoms with Gasteiger partial charge in [-0.15, -0.1) is 0 Å². The van der Waals surface area contributed by atoms with E-state index in [4.69, 9.17) is 21.0 Å². The van der Waals surface area contributed by atoms with Gasteiger partial charge in [0.05, 0.1) is 19.6 Å². The van der Waals surface area contributed by atoms with E-state index in [0.29, 0.717) is 5.56 Å². The number of nitrogen functional groups attached to an aromatic ring is 1. The Morgan fingerprint density at radius 2 is 1.55 bits per heavy atom. The highest BCUT2D eigenvalue weighted by atomic mass is 16.5. The number of rotatable bonds is 12. The predicted molar refractivity (Wildman–Crippen MR) is 114 cm³/mol. The van der Waals surface area contributed by atoms with E-state index in [-0.39, 0.29) is 18.0 Å². The van der Waals surface area contributed by atoms with Gasteiger partial charge in [0, 0.05) is 11.1 Å². The smallest absolute Gasteiger partial charge is 0.331 e. The highest BCUT2D eigenvalue weighted by molar-refractivity contribution is 6.00. The zero-order valence-electron chi connectivity index (χ0n) is 18.1. The lowest BCUT2D eigenvalue weighted by molar-refractivity contribution is -0.149. The van der Waals surface area contributed by atoms with E-state index in [9.17, 15) is 29.1 Å². The molecule has 33 heavy (non-hydrogen) atoms. The van der Waals surface area contributed by atoms with Crippen molar-refractivity contribution in [3.8, 4) is 0 Å². The van der Waals surface area contributed by atoms with Crippen LogP contribution in [0.3, 0.4) is 0 Å². The third kappa shape index (κ3) is 8.57. The molecule has 0 radical (unpaired) electrons. The van der Waals surface area contributed by atoms with Crippen molar-refractivity contribution in [3.63, 3.8) is 0 Å². The molecular weight excluding hydrogens is 438 g/mol. The summed E-state index contributed by atoms with van der Waals surface area (Å²) in [7, 11) is 0. The zero-order valence-corrected chi connectivity index (χ0v) is 18.1. The molecule has 0 spiro atoms.